The minimum Gasteiger partial charge on any atom is -0.0842 e. The third kappa shape index (κ3) is 0.531. The topological polar surface area (TPSA) is 0 Å². The number of allylic oxidation sites excluding steroid dienone is 2. The molecule has 0 amide bonds. The molecule has 0 aromatic rings. The Labute approximate surface area is 91.1 Å². The second kappa shape index (κ2) is 1.65. The normalized spacial score (nSPS) is 66.1. The summed E-state index contributed by atoms with van der Waals surface area (Å²) in [5.41, 5.74) is 1.70. The van der Waals surface area contributed by atoms with Crippen molar-refractivity contribution in [3.8, 4) is 0 Å². The van der Waals surface area contributed by atoms with Crippen LogP contribution in [0.2, 0.25) is 0 Å². The highest BCUT2D eigenvalue weighted by Crippen LogP contribution is 2.88. The van der Waals surface area contributed by atoms with Gasteiger partial charge in [0.05, 0.1) is 0 Å². The van der Waals surface area contributed by atoms with Gasteiger partial charge in [0.2, 0.25) is 0 Å². The van der Waals surface area contributed by atoms with Gasteiger partial charge in [0.15, 0.2) is 0 Å². The lowest BCUT2D eigenvalue weighted by molar-refractivity contribution is 0.196. The zero-order valence-electron chi connectivity index (χ0n) is 9.15. The van der Waals surface area contributed by atoms with E-state index in [1.165, 1.54) is 23.7 Å². The number of fused-ring (bicyclic) bond motifs is 7. The predicted molar refractivity (Wildman–Crippen MR) is 58.0 cm³/mol. The molecule has 0 aromatic heterocycles. The summed E-state index contributed by atoms with van der Waals surface area (Å²) in [6, 6.07) is 0. The lowest BCUT2D eigenvalue weighted by Gasteiger charge is -2.29. The molecule has 6 aliphatic rings. The summed E-state index contributed by atoms with van der Waals surface area (Å²) in [6.45, 7) is 0. The molecule has 0 saturated heterocycles. The summed E-state index contributed by atoms with van der Waals surface area (Å²) in [5.74, 6) is 7.01. The number of hydrogen-bond donors (Lipinski definition) is 0. The first-order valence-electron chi connectivity index (χ1n) is 7.05. The molecule has 0 heteroatoms. The fraction of sp³-hybridized carbons (Fsp3) is 0.867. The van der Waals surface area contributed by atoms with Crippen LogP contribution in [0.5, 0.6) is 0 Å². The minimum atomic E-state index is 0.771. The van der Waals surface area contributed by atoms with Crippen LogP contribution in [-0.2, 0) is 0 Å². The van der Waals surface area contributed by atoms with Crippen molar-refractivity contribution < 1.29 is 0 Å². The molecule has 0 heterocycles. The third-order valence-electron chi connectivity index (χ3n) is 7.33. The van der Waals surface area contributed by atoms with Gasteiger partial charge in [0.25, 0.3) is 0 Å². The first kappa shape index (κ1) is 7.14. The first-order chi connectivity index (χ1) is 7.36. The Morgan fingerprint density at radius 2 is 1.67 bits per heavy atom. The highest BCUT2D eigenvalue weighted by Gasteiger charge is 2.82. The first-order valence-corrected chi connectivity index (χ1v) is 7.05. The Balaban J connectivity index is 1.60. The predicted octanol–water partition coefficient (Wildman–Crippen LogP) is 3.24. The summed E-state index contributed by atoms with van der Waals surface area (Å²) >= 11 is 0. The van der Waals surface area contributed by atoms with E-state index >= 15 is 0 Å². The second-order valence-electron chi connectivity index (χ2n) is 7.54. The van der Waals surface area contributed by atoms with Crippen molar-refractivity contribution in [3.05, 3.63) is 12.2 Å². The van der Waals surface area contributed by atoms with Crippen molar-refractivity contribution in [2.24, 2.45) is 46.3 Å². The summed E-state index contributed by atoms with van der Waals surface area (Å²) in [6.07, 6.45) is 13.3. The van der Waals surface area contributed by atoms with Gasteiger partial charge in [-0.15, -0.1) is 0 Å². The fourth-order valence-electron chi connectivity index (χ4n) is 6.74. The minimum absolute atomic E-state index is 0.771. The van der Waals surface area contributed by atoms with E-state index in [0.29, 0.717) is 0 Å². The quantitative estimate of drug-likeness (QED) is 0.524. The maximum atomic E-state index is 2.68. The van der Waals surface area contributed by atoms with Crippen LogP contribution in [-0.4, -0.2) is 0 Å². The molecule has 0 aromatic carbocycles. The SMILES string of the molecule is C1=CC2(CC2)[C@H]2[C@@H]1[C@@H]1[C@H]3C[C@H]3[C@@H]2C12CC2. The monoisotopic (exact) mass is 198 g/mol. The second-order valence-corrected chi connectivity index (χ2v) is 7.54. The average molecular weight is 198 g/mol. The Morgan fingerprint density at radius 1 is 0.867 bits per heavy atom. The van der Waals surface area contributed by atoms with Crippen LogP contribution in [0.15, 0.2) is 12.2 Å². The molecule has 0 aliphatic heterocycles. The molecule has 2 spiro atoms. The van der Waals surface area contributed by atoms with Crippen molar-refractivity contribution >= 4 is 0 Å². The molecule has 0 nitrogen and oxygen atoms in total. The van der Waals surface area contributed by atoms with Crippen LogP contribution in [0.1, 0.15) is 32.1 Å². The van der Waals surface area contributed by atoms with Crippen LogP contribution in [0.25, 0.3) is 0 Å². The van der Waals surface area contributed by atoms with Crippen LogP contribution < -0.4 is 0 Å². The third-order valence-corrected chi connectivity index (χ3v) is 7.33. The molecule has 2 bridgehead atoms. The molecule has 15 heavy (non-hydrogen) atoms. The Hall–Kier alpha value is -0.260. The fourth-order valence-corrected chi connectivity index (χ4v) is 6.74. The lowest BCUT2D eigenvalue weighted by Crippen LogP contribution is -2.25. The van der Waals surface area contributed by atoms with Crippen LogP contribution in [0.4, 0.5) is 0 Å². The van der Waals surface area contributed by atoms with Crippen molar-refractivity contribution in [1.29, 1.82) is 0 Å². The van der Waals surface area contributed by atoms with E-state index in [1.54, 1.807) is 32.1 Å². The molecule has 6 atom stereocenters. The van der Waals surface area contributed by atoms with Crippen LogP contribution >= 0.6 is 0 Å². The summed E-state index contributed by atoms with van der Waals surface area (Å²) < 4.78 is 0. The van der Waals surface area contributed by atoms with Crippen molar-refractivity contribution in [2.75, 3.05) is 0 Å². The lowest BCUT2D eigenvalue weighted by atomic mass is 9.75. The number of hydrogen-bond acceptors (Lipinski definition) is 0. The molecular weight excluding hydrogens is 180 g/mol. The number of rotatable bonds is 0. The van der Waals surface area contributed by atoms with Gasteiger partial charge in [-0.3, -0.25) is 0 Å². The standard InChI is InChI=1S/C15H18/c1-2-14(3-4-14)12-8(1)11-9-7-10(9)13(12)15(11)5-6-15/h1-2,8-13H,3-7H2/t8-,9-,10+,11+,12-,13-/m0/s1. The molecule has 6 aliphatic carbocycles. The van der Waals surface area contributed by atoms with Crippen molar-refractivity contribution in [1.82, 2.24) is 0 Å². The molecule has 0 unspecified atom stereocenters. The van der Waals surface area contributed by atoms with E-state index < -0.39 is 0 Å². The van der Waals surface area contributed by atoms with Crippen LogP contribution in [0, 0.1) is 46.3 Å². The van der Waals surface area contributed by atoms with Gasteiger partial charge in [-0.05, 0) is 78.4 Å². The summed E-state index contributed by atoms with van der Waals surface area (Å²) in [5, 5.41) is 0. The summed E-state index contributed by atoms with van der Waals surface area (Å²) in [4.78, 5) is 0. The van der Waals surface area contributed by atoms with Crippen LogP contribution in [0.3, 0.4) is 0 Å². The highest BCUT2D eigenvalue weighted by molar-refractivity contribution is 5.37. The van der Waals surface area contributed by atoms with Gasteiger partial charge < -0.3 is 0 Å². The van der Waals surface area contributed by atoms with E-state index in [4.69, 9.17) is 0 Å². The average Bonchev–Trinajstić information content (AvgIpc) is 3.07. The maximum absolute atomic E-state index is 2.68. The molecule has 6 rings (SSSR count). The Morgan fingerprint density at radius 3 is 2.40 bits per heavy atom. The molecule has 5 saturated carbocycles. The molecule has 5 fully saturated rings. The van der Waals surface area contributed by atoms with E-state index in [0.717, 1.165) is 22.7 Å². The van der Waals surface area contributed by atoms with E-state index in [-0.39, 0.29) is 0 Å². The Kier molecular flexibility index (Phi) is 0.787. The molecule has 0 N–H and O–H groups in total. The molecular formula is C15H18. The van der Waals surface area contributed by atoms with Gasteiger partial charge in [0, 0.05) is 0 Å². The smallest absolute Gasteiger partial charge is 0.00806 e. The molecule has 0 radical (unpaired) electrons. The Bertz CT molecular complexity index is 410. The van der Waals surface area contributed by atoms with Gasteiger partial charge >= 0.3 is 0 Å². The van der Waals surface area contributed by atoms with E-state index in [2.05, 4.69) is 12.2 Å². The summed E-state index contributed by atoms with van der Waals surface area (Å²) in [7, 11) is 0. The zero-order chi connectivity index (χ0) is 9.41. The van der Waals surface area contributed by atoms with Crippen molar-refractivity contribution in [3.63, 3.8) is 0 Å². The highest BCUT2D eigenvalue weighted by atomic mass is 14.9. The largest absolute Gasteiger partial charge is 0.0842 e. The maximum Gasteiger partial charge on any atom is -0.00806 e. The van der Waals surface area contributed by atoms with E-state index in [1.807, 2.05) is 0 Å². The van der Waals surface area contributed by atoms with Crippen molar-refractivity contribution in [2.45, 2.75) is 32.1 Å². The zero-order valence-corrected chi connectivity index (χ0v) is 9.15. The van der Waals surface area contributed by atoms with Gasteiger partial charge in [0.1, 0.15) is 0 Å². The molecule has 78 valence electrons. The van der Waals surface area contributed by atoms with Gasteiger partial charge in [-0.25, -0.2) is 0 Å². The van der Waals surface area contributed by atoms with E-state index in [9.17, 15) is 0 Å². The van der Waals surface area contributed by atoms with Gasteiger partial charge in [-0.1, -0.05) is 12.2 Å². The van der Waals surface area contributed by atoms with Gasteiger partial charge in [-0.2, -0.15) is 0 Å².